The van der Waals surface area contributed by atoms with Crippen LogP contribution in [0.25, 0.3) is 10.3 Å². The molecule has 0 aliphatic heterocycles. The number of fused-ring (bicyclic) bond motifs is 1. The highest BCUT2D eigenvalue weighted by Crippen LogP contribution is 2.28. The van der Waals surface area contributed by atoms with Gasteiger partial charge >= 0.3 is 5.97 Å². The van der Waals surface area contributed by atoms with Crippen LogP contribution in [0.2, 0.25) is 0 Å². The highest BCUT2D eigenvalue weighted by molar-refractivity contribution is 8.01. The van der Waals surface area contributed by atoms with E-state index in [4.69, 9.17) is 4.74 Å². The van der Waals surface area contributed by atoms with Crippen LogP contribution < -0.4 is 0 Å². The number of thioether (sulfide) groups is 1. The van der Waals surface area contributed by atoms with Gasteiger partial charge in [-0.15, -0.1) is 0 Å². The molecule has 0 unspecified atom stereocenters. The van der Waals surface area contributed by atoms with Crippen LogP contribution >= 0.6 is 23.1 Å². The average Bonchev–Trinajstić information content (AvgIpc) is 3.04. The third-order valence-electron chi connectivity index (χ3n) is 3.06. The van der Waals surface area contributed by atoms with Gasteiger partial charge in [-0.1, -0.05) is 23.1 Å². The fraction of sp³-hybridized carbons (Fsp3) is 0.462. The number of carbonyl (C=O) groups is 1. The zero-order valence-electron chi connectivity index (χ0n) is 10.4. The van der Waals surface area contributed by atoms with E-state index in [0.29, 0.717) is 5.75 Å². The molecule has 6 heteroatoms. The normalized spacial score (nSPS) is 16.0. The lowest BCUT2D eigenvalue weighted by Gasteiger charge is -2.10. The predicted octanol–water partition coefficient (Wildman–Crippen LogP) is 3.27. The number of rotatable bonds is 4. The Kier molecular flexibility index (Phi) is 3.98. The molecule has 0 N–H and O–H groups in total. The van der Waals surface area contributed by atoms with Crippen molar-refractivity contribution in [3.63, 3.8) is 0 Å². The quantitative estimate of drug-likeness (QED) is 0.640. The Bertz CT molecular complexity index is 546. The summed E-state index contributed by atoms with van der Waals surface area (Å²) >= 11 is 2.95. The van der Waals surface area contributed by atoms with Crippen molar-refractivity contribution in [1.82, 2.24) is 9.97 Å². The number of carbonyl (C=O) groups excluding carboxylic acids is 1. The Hall–Kier alpha value is -1.14. The molecule has 2 heterocycles. The van der Waals surface area contributed by atoms with Crippen molar-refractivity contribution in [2.75, 3.05) is 5.75 Å². The molecule has 3 rings (SSSR count). The highest BCUT2D eigenvalue weighted by atomic mass is 32.2. The van der Waals surface area contributed by atoms with Crippen LogP contribution in [0.4, 0.5) is 0 Å². The molecule has 0 saturated heterocycles. The first kappa shape index (κ1) is 12.9. The summed E-state index contributed by atoms with van der Waals surface area (Å²) < 4.78 is 6.28. The topological polar surface area (TPSA) is 52.1 Å². The van der Waals surface area contributed by atoms with E-state index >= 15 is 0 Å². The van der Waals surface area contributed by atoms with Crippen LogP contribution in [0.3, 0.4) is 0 Å². The van der Waals surface area contributed by atoms with E-state index in [0.717, 1.165) is 27.5 Å². The number of esters is 1. The maximum absolute atomic E-state index is 11.7. The van der Waals surface area contributed by atoms with Gasteiger partial charge in [-0.25, -0.2) is 9.97 Å². The summed E-state index contributed by atoms with van der Waals surface area (Å²) in [5, 5.41) is 0. The van der Waals surface area contributed by atoms with Gasteiger partial charge in [0, 0.05) is 6.20 Å². The lowest BCUT2D eigenvalue weighted by Crippen LogP contribution is -2.16. The molecule has 1 aliphatic carbocycles. The lowest BCUT2D eigenvalue weighted by molar-refractivity contribution is -0.145. The molecule has 0 atom stereocenters. The maximum atomic E-state index is 11.7. The fourth-order valence-corrected chi connectivity index (χ4v) is 3.92. The first-order chi connectivity index (χ1) is 9.31. The molecule has 0 bridgehead atoms. The van der Waals surface area contributed by atoms with E-state index in [9.17, 15) is 4.79 Å². The van der Waals surface area contributed by atoms with Crippen LogP contribution in [0.5, 0.6) is 0 Å². The number of nitrogens with zero attached hydrogens (tertiary/aromatic N) is 2. The Balaban J connectivity index is 1.54. The minimum atomic E-state index is -0.135. The minimum absolute atomic E-state index is 0.135. The number of pyridine rings is 1. The van der Waals surface area contributed by atoms with Crippen molar-refractivity contribution in [3.8, 4) is 0 Å². The molecule has 100 valence electrons. The summed E-state index contributed by atoms with van der Waals surface area (Å²) in [5.74, 6) is 0.195. The molecule has 1 aliphatic rings. The third-order valence-corrected chi connectivity index (χ3v) is 5.16. The van der Waals surface area contributed by atoms with Crippen molar-refractivity contribution in [1.29, 1.82) is 0 Å². The number of ether oxygens (including phenoxy) is 1. The number of hydrogen-bond donors (Lipinski definition) is 0. The molecule has 0 spiro atoms. The monoisotopic (exact) mass is 294 g/mol. The van der Waals surface area contributed by atoms with Gasteiger partial charge in [-0.2, -0.15) is 0 Å². The number of hydrogen-bond acceptors (Lipinski definition) is 6. The zero-order valence-corrected chi connectivity index (χ0v) is 12.0. The molecule has 1 saturated carbocycles. The van der Waals surface area contributed by atoms with Gasteiger partial charge in [-0.05, 0) is 37.8 Å². The Morgan fingerprint density at radius 1 is 1.47 bits per heavy atom. The van der Waals surface area contributed by atoms with Crippen LogP contribution in [0.15, 0.2) is 22.7 Å². The second-order valence-electron chi connectivity index (χ2n) is 4.49. The third kappa shape index (κ3) is 3.25. The largest absolute Gasteiger partial charge is 0.462 e. The Morgan fingerprint density at radius 2 is 2.32 bits per heavy atom. The second-order valence-corrected chi connectivity index (χ2v) is 6.69. The van der Waals surface area contributed by atoms with Crippen LogP contribution in [-0.4, -0.2) is 27.8 Å². The van der Waals surface area contributed by atoms with Crippen molar-refractivity contribution >= 4 is 39.4 Å². The lowest BCUT2D eigenvalue weighted by atomic mass is 10.3. The smallest absolute Gasteiger partial charge is 0.316 e. The predicted molar refractivity (Wildman–Crippen MR) is 76.5 cm³/mol. The summed E-state index contributed by atoms with van der Waals surface area (Å²) in [6.45, 7) is 0. The van der Waals surface area contributed by atoms with Gasteiger partial charge in [0.15, 0.2) is 4.34 Å². The van der Waals surface area contributed by atoms with Crippen LogP contribution in [0, 0.1) is 0 Å². The van der Waals surface area contributed by atoms with Gasteiger partial charge in [0.1, 0.15) is 16.5 Å². The molecule has 0 amide bonds. The standard InChI is InChI=1S/C13H14N2O2S2/c16-11(17-9-4-1-2-5-9)8-18-13-15-10-6-3-7-14-12(10)19-13/h3,6-7,9H,1-2,4-5,8H2. The minimum Gasteiger partial charge on any atom is -0.462 e. The molecule has 0 aromatic carbocycles. The van der Waals surface area contributed by atoms with Gasteiger partial charge in [0.2, 0.25) is 0 Å². The van der Waals surface area contributed by atoms with Crippen molar-refractivity contribution in [2.24, 2.45) is 0 Å². The number of thiazole rings is 1. The first-order valence-electron chi connectivity index (χ1n) is 6.35. The molecule has 19 heavy (non-hydrogen) atoms. The van der Waals surface area contributed by atoms with E-state index in [1.54, 1.807) is 6.20 Å². The van der Waals surface area contributed by atoms with E-state index < -0.39 is 0 Å². The van der Waals surface area contributed by atoms with Crippen molar-refractivity contribution < 1.29 is 9.53 Å². The van der Waals surface area contributed by atoms with Gasteiger partial charge in [0.25, 0.3) is 0 Å². The maximum Gasteiger partial charge on any atom is 0.316 e. The first-order valence-corrected chi connectivity index (χ1v) is 8.15. The van der Waals surface area contributed by atoms with E-state index in [-0.39, 0.29) is 12.1 Å². The van der Waals surface area contributed by atoms with Crippen LogP contribution in [-0.2, 0) is 9.53 Å². The number of aromatic nitrogens is 2. The van der Waals surface area contributed by atoms with E-state index in [1.165, 1.54) is 35.9 Å². The molecule has 4 nitrogen and oxygen atoms in total. The molecule has 2 aromatic heterocycles. The summed E-state index contributed by atoms with van der Waals surface area (Å²) in [6.07, 6.45) is 6.28. The van der Waals surface area contributed by atoms with E-state index in [1.807, 2.05) is 12.1 Å². The fourth-order valence-electron chi connectivity index (χ4n) is 2.16. The van der Waals surface area contributed by atoms with Crippen LogP contribution in [0.1, 0.15) is 25.7 Å². The molecule has 2 aromatic rings. The van der Waals surface area contributed by atoms with Crippen molar-refractivity contribution in [2.45, 2.75) is 36.1 Å². The highest BCUT2D eigenvalue weighted by Gasteiger charge is 2.19. The van der Waals surface area contributed by atoms with Gasteiger partial charge < -0.3 is 4.74 Å². The summed E-state index contributed by atoms with van der Waals surface area (Å²) in [4.78, 5) is 21.3. The SMILES string of the molecule is O=C(CSc1nc2cccnc2s1)OC1CCCC1. The Labute approximate surface area is 119 Å². The zero-order chi connectivity index (χ0) is 13.1. The van der Waals surface area contributed by atoms with Crippen molar-refractivity contribution in [3.05, 3.63) is 18.3 Å². The summed E-state index contributed by atoms with van der Waals surface area (Å²) in [5.41, 5.74) is 0.888. The summed E-state index contributed by atoms with van der Waals surface area (Å²) in [6, 6.07) is 3.80. The molecular formula is C13H14N2O2S2. The molecule has 1 fully saturated rings. The molecular weight excluding hydrogens is 280 g/mol. The van der Waals surface area contributed by atoms with Gasteiger partial charge in [-0.3, -0.25) is 4.79 Å². The molecule has 0 radical (unpaired) electrons. The average molecular weight is 294 g/mol. The second kappa shape index (κ2) is 5.88. The summed E-state index contributed by atoms with van der Waals surface area (Å²) in [7, 11) is 0. The Morgan fingerprint density at radius 3 is 3.11 bits per heavy atom. The van der Waals surface area contributed by atoms with E-state index in [2.05, 4.69) is 9.97 Å². The van der Waals surface area contributed by atoms with Gasteiger partial charge in [0.05, 0.1) is 5.75 Å².